The van der Waals surface area contributed by atoms with Gasteiger partial charge in [0.15, 0.2) is 0 Å². The van der Waals surface area contributed by atoms with Crippen LogP contribution in [0.3, 0.4) is 0 Å². The molecule has 21 heavy (non-hydrogen) atoms. The molecule has 120 valence electrons. The Labute approximate surface area is 124 Å². The van der Waals surface area contributed by atoms with Gasteiger partial charge < -0.3 is 10.4 Å². The van der Waals surface area contributed by atoms with E-state index in [1.165, 1.54) is 10.6 Å². The Morgan fingerprint density at radius 2 is 1.81 bits per heavy atom. The molecule has 1 saturated heterocycles. The zero-order valence-electron chi connectivity index (χ0n) is 12.1. The van der Waals surface area contributed by atoms with E-state index in [2.05, 4.69) is 5.32 Å². The molecule has 1 atom stereocenters. The fourth-order valence-electron chi connectivity index (χ4n) is 2.77. The molecule has 0 spiro atoms. The largest absolute Gasteiger partial charge is 0.481 e. The molecule has 2 N–H and O–H groups in total. The highest BCUT2D eigenvalue weighted by Gasteiger charge is 2.36. The number of carboxylic acid groups (broad SMARTS) is 1. The number of nitrogens with zero attached hydrogens (tertiary/aromatic N) is 1. The van der Waals surface area contributed by atoms with Crippen molar-refractivity contribution in [2.24, 2.45) is 11.8 Å². The number of hydrogen-bond acceptors (Lipinski definition) is 4. The van der Waals surface area contributed by atoms with Crippen molar-refractivity contribution < 1.29 is 23.1 Å². The van der Waals surface area contributed by atoms with E-state index in [-0.39, 0.29) is 30.2 Å². The molecule has 0 aromatic heterocycles. The minimum atomic E-state index is -3.19. The molecular formula is C13H22N2O5S. The van der Waals surface area contributed by atoms with Gasteiger partial charge in [0.1, 0.15) is 0 Å². The number of aliphatic carboxylic acids is 1. The standard InChI is InChI=1S/C13H22N2O5S/c1-21(19,20)15-6-4-10(5-7-15)13(18)14-11(8-12(16)17)9-2-3-9/h9-11H,2-8H2,1H3,(H,14,18)(H,16,17). The van der Waals surface area contributed by atoms with Gasteiger partial charge in [-0.25, -0.2) is 12.7 Å². The third-order valence-corrected chi connectivity index (χ3v) is 5.51. The van der Waals surface area contributed by atoms with Crippen LogP contribution >= 0.6 is 0 Å². The highest BCUT2D eigenvalue weighted by molar-refractivity contribution is 7.88. The van der Waals surface area contributed by atoms with Crippen molar-refractivity contribution in [3.63, 3.8) is 0 Å². The molecule has 2 fully saturated rings. The van der Waals surface area contributed by atoms with Gasteiger partial charge in [-0.1, -0.05) is 0 Å². The van der Waals surface area contributed by atoms with Crippen LogP contribution in [0.4, 0.5) is 0 Å². The molecule has 1 unspecified atom stereocenters. The lowest BCUT2D eigenvalue weighted by Crippen LogP contribution is -2.46. The monoisotopic (exact) mass is 318 g/mol. The van der Waals surface area contributed by atoms with E-state index in [0.29, 0.717) is 25.9 Å². The van der Waals surface area contributed by atoms with Gasteiger partial charge >= 0.3 is 5.97 Å². The summed E-state index contributed by atoms with van der Waals surface area (Å²) in [6.07, 6.45) is 4.03. The molecule has 8 heteroatoms. The van der Waals surface area contributed by atoms with Gasteiger partial charge in [-0.15, -0.1) is 0 Å². The first kappa shape index (κ1) is 16.2. The van der Waals surface area contributed by atoms with Crippen molar-refractivity contribution in [1.29, 1.82) is 0 Å². The zero-order valence-corrected chi connectivity index (χ0v) is 12.9. The molecule has 1 saturated carbocycles. The summed E-state index contributed by atoms with van der Waals surface area (Å²) in [5.41, 5.74) is 0. The molecule has 2 rings (SSSR count). The summed E-state index contributed by atoms with van der Waals surface area (Å²) in [6, 6.07) is -0.289. The second-order valence-electron chi connectivity index (χ2n) is 5.99. The van der Waals surface area contributed by atoms with E-state index in [1.54, 1.807) is 0 Å². The van der Waals surface area contributed by atoms with Crippen LogP contribution in [-0.2, 0) is 19.6 Å². The Morgan fingerprint density at radius 1 is 1.24 bits per heavy atom. The van der Waals surface area contributed by atoms with Crippen LogP contribution in [0, 0.1) is 11.8 Å². The number of sulfonamides is 1. The van der Waals surface area contributed by atoms with Gasteiger partial charge in [0.25, 0.3) is 0 Å². The first-order valence-corrected chi connectivity index (χ1v) is 9.09. The maximum Gasteiger partial charge on any atom is 0.305 e. The Bertz CT molecular complexity index is 507. The predicted molar refractivity (Wildman–Crippen MR) is 76.0 cm³/mol. The van der Waals surface area contributed by atoms with Crippen molar-refractivity contribution in [3.8, 4) is 0 Å². The van der Waals surface area contributed by atoms with Gasteiger partial charge in [0.2, 0.25) is 15.9 Å². The highest BCUT2D eigenvalue weighted by Crippen LogP contribution is 2.34. The van der Waals surface area contributed by atoms with Crippen LogP contribution in [0.1, 0.15) is 32.1 Å². The molecule has 1 aliphatic heterocycles. The van der Waals surface area contributed by atoms with Crippen LogP contribution in [0.5, 0.6) is 0 Å². The van der Waals surface area contributed by atoms with Crippen molar-refractivity contribution in [2.45, 2.75) is 38.1 Å². The molecule has 1 amide bonds. The number of carboxylic acids is 1. The van der Waals surface area contributed by atoms with E-state index >= 15 is 0 Å². The molecule has 0 bridgehead atoms. The van der Waals surface area contributed by atoms with Crippen LogP contribution in [0.2, 0.25) is 0 Å². The number of carbonyl (C=O) groups excluding carboxylic acids is 1. The number of nitrogens with one attached hydrogen (secondary N) is 1. The smallest absolute Gasteiger partial charge is 0.305 e. The summed E-state index contributed by atoms with van der Waals surface area (Å²) in [4.78, 5) is 23.0. The van der Waals surface area contributed by atoms with Gasteiger partial charge in [0, 0.05) is 25.0 Å². The van der Waals surface area contributed by atoms with Crippen molar-refractivity contribution >= 4 is 21.9 Å². The second-order valence-corrected chi connectivity index (χ2v) is 7.97. The second kappa shape index (κ2) is 6.31. The van der Waals surface area contributed by atoms with Crippen LogP contribution in [-0.4, -0.2) is 55.1 Å². The normalized spacial score (nSPS) is 22.7. The van der Waals surface area contributed by atoms with Crippen LogP contribution in [0.25, 0.3) is 0 Å². The van der Waals surface area contributed by atoms with E-state index in [4.69, 9.17) is 5.11 Å². The summed E-state index contributed by atoms with van der Waals surface area (Å²) < 4.78 is 24.2. The maximum atomic E-state index is 12.2. The molecular weight excluding hydrogens is 296 g/mol. The van der Waals surface area contributed by atoms with E-state index < -0.39 is 16.0 Å². The Kier molecular flexibility index (Phi) is 4.88. The quantitative estimate of drug-likeness (QED) is 0.719. The maximum absolute atomic E-state index is 12.2. The summed E-state index contributed by atoms with van der Waals surface area (Å²) >= 11 is 0. The van der Waals surface area contributed by atoms with Gasteiger partial charge in [-0.2, -0.15) is 0 Å². The number of amides is 1. The summed E-state index contributed by atoms with van der Waals surface area (Å²) in [6.45, 7) is 0.702. The minimum absolute atomic E-state index is 0.0431. The Balaban J connectivity index is 1.85. The van der Waals surface area contributed by atoms with E-state index in [0.717, 1.165) is 12.8 Å². The highest BCUT2D eigenvalue weighted by atomic mass is 32.2. The number of piperidine rings is 1. The fourth-order valence-corrected chi connectivity index (χ4v) is 3.65. The van der Waals surface area contributed by atoms with Crippen LogP contribution in [0.15, 0.2) is 0 Å². The van der Waals surface area contributed by atoms with Gasteiger partial charge in [-0.05, 0) is 31.6 Å². The van der Waals surface area contributed by atoms with Crippen molar-refractivity contribution in [3.05, 3.63) is 0 Å². The molecule has 1 heterocycles. The Morgan fingerprint density at radius 3 is 2.24 bits per heavy atom. The topological polar surface area (TPSA) is 104 Å². The van der Waals surface area contributed by atoms with Gasteiger partial charge in [0.05, 0.1) is 12.7 Å². The number of hydrogen-bond donors (Lipinski definition) is 2. The molecule has 1 aliphatic carbocycles. The predicted octanol–water partition coefficient (Wildman–Crippen LogP) is 0.0275. The van der Waals surface area contributed by atoms with Crippen molar-refractivity contribution in [2.75, 3.05) is 19.3 Å². The van der Waals surface area contributed by atoms with E-state index in [9.17, 15) is 18.0 Å². The minimum Gasteiger partial charge on any atom is -0.481 e. The number of rotatable bonds is 6. The molecule has 0 aromatic rings. The average molecular weight is 318 g/mol. The first-order chi connectivity index (χ1) is 9.77. The molecule has 0 aromatic carbocycles. The lowest BCUT2D eigenvalue weighted by Gasteiger charge is -2.30. The summed E-state index contributed by atoms with van der Waals surface area (Å²) in [7, 11) is -3.19. The number of carbonyl (C=O) groups is 2. The SMILES string of the molecule is CS(=O)(=O)N1CCC(C(=O)NC(CC(=O)O)C2CC2)CC1. The fraction of sp³-hybridized carbons (Fsp3) is 0.846. The Hall–Kier alpha value is -1.15. The summed E-state index contributed by atoms with van der Waals surface area (Å²) in [5, 5.41) is 11.7. The molecule has 0 radical (unpaired) electrons. The lowest BCUT2D eigenvalue weighted by atomic mass is 9.96. The third kappa shape index (κ3) is 4.67. The zero-order chi connectivity index (χ0) is 15.6. The van der Waals surface area contributed by atoms with E-state index in [1.807, 2.05) is 0 Å². The average Bonchev–Trinajstić information content (AvgIpc) is 3.20. The van der Waals surface area contributed by atoms with Crippen molar-refractivity contribution in [1.82, 2.24) is 9.62 Å². The molecule has 2 aliphatic rings. The van der Waals surface area contributed by atoms with Gasteiger partial charge in [-0.3, -0.25) is 9.59 Å². The summed E-state index contributed by atoms with van der Waals surface area (Å²) in [5.74, 6) is -0.986. The lowest BCUT2D eigenvalue weighted by molar-refractivity contribution is -0.138. The third-order valence-electron chi connectivity index (χ3n) is 4.21. The first-order valence-electron chi connectivity index (χ1n) is 7.24. The molecule has 7 nitrogen and oxygen atoms in total. The van der Waals surface area contributed by atoms with Crippen LogP contribution < -0.4 is 5.32 Å².